The highest BCUT2D eigenvalue weighted by atomic mass is 15.1. The van der Waals surface area contributed by atoms with Gasteiger partial charge in [-0.25, -0.2) is 0 Å². The summed E-state index contributed by atoms with van der Waals surface area (Å²) >= 11 is 0. The van der Waals surface area contributed by atoms with E-state index in [9.17, 15) is 0 Å². The lowest BCUT2D eigenvalue weighted by atomic mass is 9.85. The highest BCUT2D eigenvalue weighted by molar-refractivity contribution is 5.36. The monoisotopic (exact) mass is 272 g/mol. The van der Waals surface area contributed by atoms with E-state index in [-0.39, 0.29) is 0 Å². The summed E-state index contributed by atoms with van der Waals surface area (Å²) in [5.74, 6) is 1.59. The SMILES string of the molecule is CNCC1CCCCN(C)C1c1ccccc1C1CC1. The van der Waals surface area contributed by atoms with Gasteiger partial charge in [0.1, 0.15) is 0 Å². The van der Waals surface area contributed by atoms with Gasteiger partial charge in [0.15, 0.2) is 0 Å². The van der Waals surface area contributed by atoms with Gasteiger partial charge in [0.25, 0.3) is 0 Å². The van der Waals surface area contributed by atoms with Crippen molar-refractivity contribution < 1.29 is 0 Å². The number of rotatable bonds is 4. The van der Waals surface area contributed by atoms with Crippen LogP contribution in [0.5, 0.6) is 0 Å². The lowest BCUT2D eigenvalue weighted by Crippen LogP contribution is -2.34. The van der Waals surface area contributed by atoms with Crippen molar-refractivity contribution in [2.75, 3.05) is 27.2 Å². The maximum atomic E-state index is 3.42. The van der Waals surface area contributed by atoms with Crippen molar-refractivity contribution in [3.8, 4) is 0 Å². The van der Waals surface area contributed by atoms with E-state index in [0.29, 0.717) is 6.04 Å². The van der Waals surface area contributed by atoms with Crippen LogP contribution in [-0.4, -0.2) is 32.1 Å². The van der Waals surface area contributed by atoms with Gasteiger partial charge in [-0.05, 0) is 75.8 Å². The molecule has 0 amide bonds. The van der Waals surface area contributed by atoms with E-state index in [1.807, 2.05) is 0 Å². The van der Waals surface area contributed by atoms with Gasteiger partial charge in [0, 0.05) is 6.04 Å². The number of benzene rings is 1. The second-order valence-corrected chi connectivity index (χ2v) is 6.64. The highest BCUT2D eigenvalue weighted by Crippen LogP contribution is 2.45. The molecule has 1 heterocycles. The smallest absolute Gasteiger partial charge is 0.0388 e. The Morgan fingerprint density at radius 1 is 1.10 bits per heavy atom. The molecule has 2 unspecified atom stereocenters. The number of likely N-dealkylation sites (tertiary alicyclic amines) is 1. The molecular weight excluding hydrogens is 244 g/mol. The van der Waals surface area contributed by atoms with Gasteiger partial charge in [-0.15, -0.1) is 0 Å². The first-order chi connectivity index (χ1) is 9.81. The number of nitrogens with zero attached hydrogens (tertiary/aromatic N) is 1. The molecule has 3 rings (SSSR count). The second-order valence-electron chi connectivity index (χ2n) is 6.64. The third-order valence-electron chi connectivity index (χ3n) is 5.06. The molecule has 0 spiro atoms. The van der Waals surface area contributed by atoms with Crippen LogP contribution in [0.4, 0.5) is 0 Å². The molecule has 20 heavy (non-hydrogen) atoms. The van der Waals surface area contributed by atoms with Crippen LogP contribution in [0.2, 0.25) is 0 Å². The average molecular weight is 272 g/mol. The maximum Gasteiger partial charge on any atom is 0.0388 e. The van der Waals surface area contributed by atoms with Crippen LogP contribution in [0.1, 0.15) is 55.2 Å². The van der Waals surface area contributed by atoms with E-state index in [2.05, 4.69) is 48.6 Å². The maximum absolute atomic E-state index is 3.42. The van der Waals surface area contributed by atoms with Crippen LogP contribution in [-0.2, 0) is 0 Å². The normalized spacial score (nSPS) is 28.3. The summed E-state index contributed by atoms with van der Waals surface area (Å²) in [4.78, 5) is 2.61. The Morgan fingerprint density at radius 2 is 1.85 bits per heavy atom. The van der Waals surface area contributed by atoms with Crippen molar-refractivity contribution in [1.82, 2.24) is 10.2 Å². The first-order valence-corrected chi connectivity index (χ1v) is 8.25. The summed E-state index contributed by atoms with van der Waals surface area (Å²) < 4.78 is 0. The minimum absolute atomic E-state index is 0.599. The number of hydrogen-bond donors (Lipinski definition) is 1. The van der Waals surface area contributed by atoms with Crippen LogP contribution in [0.15, 0.2) is 24.3 Å². The predicted octanol–water partition coefficient (Wildman–Crippen LogP) is 3.56. The van der Waals surface area contributed by atoms with Crippen LogP contribution in [0.3, 0.4) is 0 Å². The average Bonchev–Trinajstić information content (AvgIpc) is 3.28. The lowest BCUT2D eigenvalue weighted by Gasteiger charge is -2.34. The van der Waals surface area contributed by atoms with Gasteiger partial charge < -0.3 is 5.32 Å². The standard InChI is InChI=1S/C18H28N2/c1-19-13-15-7-5-6-12-20(2)18(15)17-9-4-3-8-16(17)14-10-11-14/h3-4,8-9,14-15,18-19H,5-7,10-13H2,1-2H3. The third-order valence-corrected chi connectivity index (χ3v) is 5.06. The molecule has 2 heteroatoms. The molecule has 110 valence electrons. The molecular formula is C18H28N2. The Labute approximate surface area is 123 Å². The van der Waals surface area contributed by atoms with Crippen molar-refractivity contribution in [2.45, 2.75) is 44.1 Å². The molecule has 1 aromatic carbocycles. The zero-order chi connectivity index (χ0) is 13.9. The van der Waals surface area contributed by atoms with E-state index < -0.39 is 0 Å². The summed E-state index contributed by atoms with van der Waals surface area (Å²) in [6.07, 6.45) is 6.86. The number of hydrogen-bond acceptors (Lipinski definition) is 2. The quantitative estimate of drug-likeness (QED) is 0.901. The fourth-order valence-corrected chi connectivity index (χ4v) is 3.94. The highest BCUT2D eigenvalue weighted by Gasteiger charge is 2.33. The third kappa shape index (κ3) is 2.91. The fraction of sp³-hybridized carbons (Fsp3) is 0.667. The van der Waals surface area contributed by atoms with Gasteiger partial charge >= 0.3 is 0 Å². The van der Waals surface area contributed by atoms with Gasteiger partial charge in [-0.3, -0.25) is 4.90 Å². The lowest BCUT2D eigenvalue weighted by molar-refractivity contribution is 0.190. The zero-order valence-corrected chi connectivity index (χ0v) is 12.9. The molecule has 1 aliphatic heterocycles. The predicted molar refractivity (Wildman–Crippen MR) is 85.1 cm³/mol. The van der Waals surface area contributed by atoms with Crippen LogP contribution in [0, 0.1) is 5.92 Å². The van der Waals surface area contributed by atoms with Crippen molar-refractivity contribution in [1.29, 1.82) is 0 Å². The Kier molecular flexibility index (Phi) is 4.42. The minimum atomic E-state index is 0.599. The topological polar surface area (TPSA) is 15.3 Å². The molecule has 2 atom stereocenters. The summed E-state index contributed by atoms with van der Waals surface area (Å²) in [6, 6.07) is 9.82. The fourth-order valence-electron chi connectivity index (χ4n) is 3.94. The van der Waals surface area contributed by atoms with Gasteiger partial charge in [0.2, 0.25) is 0 Å². The van der Waals surface area contributed by atoms with Gasteiger partial charge in [0.05, 0.1) is 0 Å². The Bertz CT molecular complexity index is 439. The Hall–Kier alpha value is -0.860. The largest absolute Gasteiger partial charge is 0.319 e. The Balaban J connectivity index is 1.94. The molecule has 1 aliphatic carbocycles. The first kappa shape index (κ1) is 14.1. The molecule has 2 aliphatic rings. The number of nitrogens with one attached hydrogen (secondary N) is 1. The van der Waals surface area contributed by atoms with Gasteiger partial charge in [-0.2, -0.15) is 0 Å². The molecule has 2 nitrogen and oxygen atoms in total. The Morgan fingerprint density at radius 3 is 2.55 bits per heavy atom. The van der Waals surface area contributed by atoms with Crippen LogP contribution < -0.4 is 5.32 Å². The molecule has 0 radical (unpaired) electrons. The molecule has 1 N–H and O–H groups in total. The van der Waals surface area contributed by atoms with E-state index in [0.717, 1.165) is 18.4 Å². The van der Waals surface area contributed by atoms with Crippen molar-refractivity contribution in [2.24, 2.45) is 5.92 Å². The van der Waals surface area contributed by atoms with E-state index >= 15 is 0 Å². The minimum Gasteiger partial charge on any atom is -0.319 e. The second kappa shape index (κ2) is 6.28. The molecule has 0 aromatic heterocycles. The summed E-state index contributed by atoms with van der Waals surface area (Å²) in [7, 11) is 4.41. The van der Waals surface area contributed by atoms with E-state index in [1.54, 1.807) is 11.1 Å². The molecule has 1 saturated heterocycles. The molecule has 0 bridgehead atoms. The summed E-state index contributed by atoms with van der Waals surface area (Å²) in [5, 5.41) is 3.42. The van der Waals surface area contributed by atoms with Crippen LogP contribution >= 0.6 is 0 Å². The molecule has 1 saturated carbocycles. The first-order valence-electron chi connectivity index (χ1n) is 8.25. The van der Waals surface area contributed by atoms with E-state index in [4.69, 9.17) is 0 Å². The van der Waals surface area contributed by atoms with E-state index in [1.165, 1.54) is 38.6 Å². The van der Waals surface area contributed by atoms with Crippen molar-refractivity contribution in [3.05, 3.63) is 35.4 Å². The summed E-state index contributed by atoms with van der Waals surface area (Å²) in [5.41, 5.74) is 3.24. The van der Waals surface area contributed by atoms with Crippen molar-refractivity contribution in [3.63, 3.8) is 0 Å². The van der Waals surface area contributed by atoms with Crippen molar-refractivity contribution >= 4 is 0 Å². The summed E-state index contributed by atoms with van der Waals surface area (Å²) in [6.45, 7) is 2.37. The van der Waals surface area contributed by atoms with Crippen LogP contribution in [0.25, 0.3) is 0 Å². The molecule has 2 fully saturated rings. The zero-order valence-electron chi connectivity index (χ0n) is 12.9. The molecule has 1 aromatic rings. The van der Waals surface area contributed by atoms with Gasteiger partial charge in [-0.1, -0.05) is 30.7 Å².